The summed E-state index contributed by atoms with van der Waals surface area (Å²) in [7, 11) is -3.77. The number of nitrogens with zero attached hydrogens (tertiary/aromatic N) is 1. The molecule has 8 nitrogen and oxygen atoms in total. The molecule has 0 heterocycles. The van der Waals surface area contributed by atoms with Gasteiger partial charge in [-0.15, -0.1) is 0 Å². The number of hydrogen-bond donors (Lipinski definition) is 3. The summed E-state index contributed by atoms with van der Waals surface area (Å²) < 4.78 is 22.5. The van der Waals surface area contributed by atoms with Crippen LogP contribution in [0.5, 0.6) is 0 Å². The Morgan fingerprint density at radius 1 is 1.26 bits per heavy atom. The molecule has 148 valence electrons. The number of benzene rings is 1. The second-order valence-corrected chi connectivity index (χ2v) is 9.89. The van der Waals surface area contributed by atoms with E-state index in [-0.39, 0.29) is 27.8 Å². The molecule has 1 aromatic carbocycles. The molecular formula is C18H26N4O4S. The zero-order valence-electron chi connectivity index (χ0n) is 15.8. The number of anilines is 1. The smallest absolute Gasteiger partial charge is 0.319 e. The van der Waals surface area contributed by atoms with Crippen LogP contribution < -0.4 is 15.8 Å². The fraction of sp³-hybridized carbons (Fsp3) is 0.556. The lowest BCUT2D eigenvalue weighted by atomic mass is 9.62. The van der Waals surface area contributed by atoms with Crippen molar-refractivity contribution in [3.63, 3.8) is 0 Å². The molecule has 0 bridgehead atoms. The molecule has 0 aromatic heterocycles. The van der Waals surface area contributed by atoms with Gasteiger partial charge in [-0.1, -0.05) is 20.8 Å². The molecule has 0 aliphatic heterocycles. The van der Waals surface area contributed by atoms with Gasteiger partial charge in [0.25, 0.3) is 0 Å². The van der Waals surface area contributed by atoms with E-state index in [1.165, 1.54) is 24.3 Å². The first-order valence-electron chi connectivity index (χ1n) is 8.67. The van der Waals surface area contributed by atoms with Crippen molar-refractivity contribution in [1.29, 1.82) is 0 Å². The molecule has 2 unspecified atom stereocenters. The molecule has 1 aliphatic rings. The van der Waals surface area contributed by atoms with E-state index in [0.717, 1.165) is 12.8 Å². The van der Waals surface area contributed by atoms with Crippen LogP contribution in [0.25, 0.3) is 0 Å². The highest BCUT2D eigenvalue weighted by Gasteiger charge is 2.41. The van der Waals surface area contributed by atoms with Gasteiger partial charge in [-0.05, 0) is 54.4 Å². The van der Waals surface area contributed by atoms with Gasteiger partial charge in [0.2, 0.25) is 16.1 Å². The van der Waals surface area contributed by atoms with E-state index in [1.54, 1.807) is 6.08 Å². The highest BCUT2D eigenvalue weighted by molar-refractivity contribution is 7.89. The van der Waals surface area contributed by atoms with Gasteiger partial charge in [-0.25, -0.2) is 28.1 Å². The van der Waals surface area contributed by atoms with Gasteiger partial charge in [-0.3, -0.25) is 0 Å². The average Bonchev–Trinajstić information content (AvgIpc) is 2.50. The first-order chi connectivity index (χ1) is 12.4. The van der Waals surface area contributed by atoms with Gasteiger partial charge in [0.05, 0.1) is 11.4 Å². The van der Waals surface area contributed by atoms with E-state index in [0.29, 0.717) is 18.7 Å². The second-order valence-electron chi connectivity index (χ2n) is 8.33. The zero-order valence-corrected chi connectivity index (χ0v) is 16.6. The quantitative estimate of drug-likeness (QED) is 0.522. The molecule has 0 radical (unpaired) electrons. The standard InChI is InChI=1S/C18H26N4O4S/c1-17(2)8-14(9-18(3,10-17)11-20-12-23)22-16(24)21-13-4-6-15(7-5-13)27(19,25)26/h4-7,14H,8-11H2,1-3H3,(H2,19,25,26)(H2,21,22,24). The minimum Gasteiger partial charge on any atom is -0.335 e. The summed E-state index contributed by atoms with van der Waals surface area (Å²) >= 11 is 0. The topological polar surface area (TPSA) is 131 Å². The molecule has 9 heteroatoms. The van der Waals surface area contributed by atoms with E-state index in [2.05, 4.69) is 36.4 Å². The van der Waals surface area contributed by atoms with Crippen LogP contribution in [0, 0.1) is 10.8 Å². The third-order valence-corrected chi connectivity index (χ3v) is 5.67. The van der Waals surface area contributed by atoms with Crippen molar-refractivity contribution in [2.24, 2.45) is 21.0 Å². The number of amides is 2. The van der Waals surface area contributed by atoms with Crippen LogP contribution in [0.15, 0.2) is 34.2 Å². The van der Waals surface area contributed by atoms with Crippen molar-refractivity contribution >= 4 is 27.8 Å². The number of isocyanates is 1. The first-order valence-corrected chi connectivity index (χ1v) is 10.2. The van der Waals surface area contributed by atoms with Gasteiger partial charge < -0.3 is 10.6 Å². The third-order valence-electron chi connectivity index (χ3n) is 4.74. The van der Waals surface area contributed by atoms with Crippen LogP contribution in [-0.4, -0.2) is 33.1 Å². The normalized spacial score (nSPS) is 24.5. The molecule has 2 atom stereocenters. The maximum absolute atomic E-state index is 12.3. The second kappa shape index (κ2) is 7.80. The molecule has 1 fully saturated rings. The Morgan fingerprint density at radius 3 is 2.44 bits per heavy atom. The van der Waals surface area contributed by atoms with Crippen molar-refractivity contribution in [2.45, 2.75) is 51.0 Å². The molecule has 1 saturated carbocycles. The van der Waals surface area contributed by atoms with E-state index in [9.17, 15) is 18.0 Å². The summed E-state index contributed by atoms with van der Waals surface area (Å²) in [4.78, 5) is 26.6. The maximum atomic E-state index is 12.3. The zero-order chi connectivity index (χ0) is 20.3. The van der Waals surface area contributed by atoms with Crippen molar-refractivity contribution in [2.75, 3.05) is 11.9 Å². The minimum absolute atomic E-state index is 0.000481. The van der Waals surface area contributed by atoms with E-state index >= 15 is 0 Å². The van der Waals surface area contributed by atoms with Crippen molar-refractivity contribution < 1.29 is 18.0 Å². The van der Waals surface area contributed by atoms with Crippen LogP contribution >= 0.6 is 0 Å². The summed E-state index contributed by atoms with van der Waals surface area (Å²) in [5, 5.41) is 10.7. The van der Waals surface area contributed by atoms with Gasteiger partial charge in [0, 0.05) is 11.7 Å². The summed E-state index contributed by atoms with van der Waals surface area (Å²) in [6.07, 6.45) is 4.02. The Balaban J connectivity index is 2.02. The van der Waals surface area contributed by atoms with Gasteiger partial charge in [0.1, 0.15) is 0 Å². The number of carbonyl (C=O) groups excluding carboxylic acids is 2. The number of sulfonamides is 1. The highest BCUT2D eigenvalue weighted by Crippen LogP contribution is 2.46. The number of primary sulfonamides is 1. The summed E-state index contributed by atoms with van der Waals surface area (Å²) in [5.74, 6) is 0. The SMILES string of the molecule is CC1(C)CC(NC(=O)Nc2ccc(S(N)(=O)=O)cc2)CC(C)(CN=C=O)C1. The Morgan fingerprint density at radius 2 is 1.89 bits per heavy atom. The van der Waals surface area contributed by atoms with Crippen molar-refractivity contribution in [3.8, 4) is 0 Å². The number of nitrogens with two attached hydrogens (primary N) is 1. The monoisotopic (exact) mass is 394 g/mol. The molecule has 1 aliphatic carbocycles. The van der Waals surface area contributed by atoms with E-state index < -0.39 is 10.0 Å². The number of hydrogen-bond acceptors (Lipinski definition) is 5. The third kappa shape index (κ3) is 6.16. The number of nitrogens with one attached hydrogen (secondary N) is 2. The first kappa shape index (κ1) is 21.1. The van der Waals surface area contributed by atoms with Crippen molar-refractivity contribution in [1.82, 2.24) is 5.32 Å². The lowest BCUT2D eigenvalue weighted by Gasteiger charge is -2.46. The van der Waals surface area contributed by atoms with Crippen LogP contribution in [0.4, 0.5) is 10.5 Å². The van der Waals surface area contributed by atoms with Crippen LogP contribution in [0.2, 0.25) is 0 Å². The predicted molar refractivity (Wildman–Crippen MR) is 102 cm³/mol. The fourth-order valence-corrected chi connectivity index (χ4v) is 4.68. The molecule has 27 heavy (non-hydrogen) atoms. The summed E-state index contributed by atoms with van der Waals surface area (Å²) in [5.41, 5.74) is 0.276. The fourth-order valence-electron chi connectivity index (χ4n) is 4.16. The van der Waals surface area contributed by atoms with Gasteiger partial charge in [-0.2, -0.15) is 0 Å². The molecule has 1 aromatic rings. The van der Waals surface area contributed by atoms with Gasteiger partial charge in [0.15, 0.2) is 0 Å². The predicted octanol–water partition coefficient (Wildman–Crippen LogP) is 2.38. The number of carbonyl (C=O) groups is 1. The number of urea groups is 1. The minimum atomic E-state index is -3.77. The Bertz CT molecular complexity index is 845. The summed E-state index contributed by atoms with van der Waals surface area (Å²) in [6, 6.07) is 5.19. The number of rotatable bonds is 5. The summed E-state index contributed by atoms with van der Waals surface area (Å²) in [6.45, 7) is 6.71. The molecule has 0 spiro atoms. The number of aliphatic imine (C=N–C) groups is 1. The average molecular weight is 394 g/mol. The molecule has 2 amide bonds. The van der Waals surface area contributed by atoms with E-state index in [1.807, 2.05) is 0 Å². The Labute approximate surface area is 159 Å². The molecule has 4 N–H and O–H groups in total. The Hall–Kier alpha value is -2.22. The molecule has 2 rings (SSSR count). The van der Waals surface area contributed by atoms with Crippen LogP contribution in [-0.2, 0) is 14.8 Å². The molecular weight excluding hydrogens is 368 g/mol. The van der Waals surface area contributed by atoms with Crippen LogP contribution in [0.1, 0.15) is 40.0 Å². The Kier molecular flexibility index (Phi) is 6.09. The molecule has 0 saturated heterocycles. The van der Waals surface area contributed by atoms with Crippen molar-refractivity contribution in [3.05, 3.63) is 24.3 Å². The van der Waals surface area contributed by atoms with E-state index in [4.69, 9.17) is 5.14 Å². The van der Waals surface area contributed by atoms with Gasteiger partial charge >= 0.3 is 6.03 Å². The highest BCUT2D eigenvalue weighted by atomic mass is 32.2. The largest absolute Gasteiger partial charge is 0.335 e. The maximum Gasteiger partial charge on any atom is 0.319 e. The lowest BCUT2D eigenvalue weighted by molar-refractivity contribution is 0.0815. The van der Waals surface area contributed by atoms with Crippen LogP contribution in [0.3, 0.4) is 0 Å². The lowest BCUT2D eigenvalue weighted by Crippen LogP contribution is -2.48.